The van der Waals surface area contributed by atoms with Gasteiger partial charge in [-0.05, 0) is 60.4 Å². The highest BCUT2D eigenvalue weighted by molar-refractivity contribution is 6.09. The SMILES string of the molecule is CCN(CC)c1ccc(C=C2c3cc([N+](=O)[O-])ccc3-c3c2cc([N+](=O)[O-])cc3[N+](=O)[O-])cc1. The van der Waals surface area contributed by atoms with Gasteiger partial charge in [0.15, 0.2) is 0 Å². The van der Waals surface area contributed by atoms with E-state index in [1.54, 1.807) is 6.08 Å². The normalized spacial score (nSPS) is 12.8. The molecule has 0 atom stereocenters. The second-order valence-corrected chi connectivity index (χ2v) is 7.71. The first-order chi connectivity index (χ1) is 16.2. The summed E-state index contributed by atoms with van der Waals surface area (Å²) in [4.78, 5) is 35.0. The van der Waals surface area contributed by atoms with Gasteiger partial charge in [0.2, 0.25) is 0 Å². The standard InChI is InChI=1S/C24H20N4O6/c1-3-25(4-2)16-7-5-15(6-8-16)11-20-21-12-17(26(29)30)9-10-19(21)24-22(20)13-18(27(31)32)14-23(24)28(33)34/h5-14H,3-4H2,1-2H3. The van der Waals surface area contributed by atoms with E-state index in [2.05, 4.69) is 18.7 Å². The number of nitro groups is 3. The van der Waals surface area contributed by atoms with Gasteiger partial charge in [0, 0.05) is 42.5 Å². The molecule has 0 bridgehead atoms. The molecule has 0 heterocycles. The van der Waals surface area contributed by atoms with E-state index in [0.29, 0.717) is 22.3 Å². The van der Waals surface area contributed by atoms with Crippen LogP contribution in [0.15, 0.2) is 54.6 Å². The van der Waals surface area contributed by atoms with Gasteiger partial charge in [0.1, 0.15) is 0 Å². The third kappa shape index (κ3) is 3.85. The Bertz CT molecular complexity index is 1360. The van der Waals surface area contributed by atoms with E-state index in [-0.39, 0.29) is 11.3 Å². The number of fused-ring (bicyclic) bond motifs is 3. The molecule has 3 aromatic carbocycles. The predicted molar refractivity (Wildman–Crippen MR) is 129 cm³/mol. The Morgan fingerprint density at radius 3 is 1.91 bits per heavy atom. The highest BCUT2D eigenvalue weighted by atomic mass is 16.6. The van der Waals surface area contributed by atoms with E-state index in [0.717, 1.165) is 30.4 Å². The van der Waals surface area contributed by atoms with Crippen molar-refractivity contribution in [3.8, 4) is 11.1 Å². The van der Waals surface area contributed by atoms with E-state index in [1.807, 2.05) is 24.3 Å². The van der Waals surface area contributed by atoms with Crippen molar-refractivity contribution in [1.29, 1.82) is 0 Å². The van der Waals surface area contributed by atoms with Gasteiger partial charge in [-0.25, -0.2) is 0 Å². The largest absolute Gasteiger partial charge is 0.372 e. The molecule has 3 aromatic rings. The Labute approximate surface area is 194 Å². The first-order valence-corrected chi connectivity index (χ1v) is 10.6. The van der Waals surface area contributed by atoms with E-state index >= 15 is 0 Å². The van der Waals surface area contributed by atoms with E-state index in [9.17, 15) is 30.3 Å². The van der Waals surface area contributed by atoms with Crippen LogP contribution in [0.2, 0.25) is 0 Å². The number of nitro benzene ring substituents is 3. The highest BCUT2D eigenvalue weighted by Gasteiger charge is 2.34. The summed E-state index contributed by atoms with van der Waals surface area (Å²) >= 11 is 0. The molecule has 0 fully saturated rings. The molecule has 172 valence electrons. The lowest BCUT2D eigenvalue weighted by Gasteiger charge is -2.20. The van der Waals surface area contributed by atoms with Gasteiger partial charge in [-0.1, -0.05) is 12.1 Å². The fraction of sp³-hybridized carbons (Fsp3) is 0.167. The lowest BCUT2D eigenvalue weighted by molar-refractivity contribution is -0.393. The van der Waals surface area contributed by atoms with E-state index < -0.39 is 26.1 Å². The first-order valence-electron chi connectivity index (χ1n) is 10.6. The minimum absolute atomic E-state index is 0.175. The van der Waals surface area contributed by atoms with Crippen molar-refractivity contribution in [3.63, 3.8) is 0 Å². The van der Waals surface area contributed by atoms with Crippen LogP contribution in [0.3, 0.4) is 0 Å². The van der Waals surface area contributed by atoms with Gasteiger partial charge in [-0.2, -0.15) is 0 Å². The zero-order chi connectivity index (χ0) is 24.6. The van der Waals surface area contributed by atoms with Crippen molar-refractivity contribution in [2.75, 3.05) is 18.0 Å². The number of benzene rings is 3. The number of nitrogens with zero attached hydrogens (tertiary/aromatic N) is 4. The number of hydrogen-bond acceptors (Lipinski definition) is 7. The van der Waals surface area contributed by atoms with Crippen molar-refractivity contribution in [2.24, 2.45) is 0 Å². The van der Waals surface area contributed by atoms with Crippen LogP contribution in [0.4, 0.5) is 22.7 Å². The summed E-state index contributed by atoms with van der Waals surface area (Å²) in [7, 11) is 0. The van der Waals surface area contributed by atoms with Crippen LogP contribution in [0, 0.1) is 30.3 Å². The van der Waals surface area contributed by atoms with Crippen molar-refractivity contribution in [3.05, 3.63) is 102 Å². The molecule has 10 nitrogen and oxygen atoms in total. The number of rotatable bonds is 7. The number of hydrogen-bond donors (Lipinski definition) is 0. The van der Waals surface area contributed by atoms with Crippen LogP contribution < -0.4 is 4.90 Å². The monoisotopic (exact) mass is 460 g/mol. The maximum Gasteiger partial charge on any atom is 0.284 e. The minimum atomic E-state index is -0.685. The van der Waals surface area contributed by atoms with E-state index in [4.69, 9.17) is 0 Å². The van der Waals surface area contributed by atoms with Gasteiger partial charge in [0.05, 0.1) is 26.4 Å². The third-order valence-corrected chi connectivity index (χ3v) is 5.91. The topological polar surface area (TPSA) is 133 Å². The van der Waals surface area contributed by atoms with Crippen molar-refractivity contribution >= 4 is 34.4 Å². The van der Waals surface area contributed by atoms with Crippen molar-refractivity contribution in [2.45, 2.75) is 13.8 Å². The summed E-state index contributed by atoms with van der Waals surface area (Å²) in [6, 6.07) is 13.9. The zero-order valence-electron chi connectivity index (χ0n) is 18.4. The van der Waals surface area contributed by atoms with E-state index in [1.165, 1.54) is 24.3 Å². The Morgan fingerprint density at radius 2 is 1.35 bits per heavy atom. The van der Waals surface area contributed by atoms with Crippen LogP contribution in [0.1, 0.15) is 30.5 Å². The fourth-order valence-corrected chi connectivity index (χ4v) is 4.28. The summed E-state index contributed by atoms with van der Waals surface area (Å²) in [5, 5.41) is 34.7. The zero-order valence-corrected chi connectivity index (χ0v) is 18.4. The molecule has 1 aliphatic carbocycles. The predicted octanol–water partition coefficient (Wildman–Crippen LogP) is 5.83. The van der Waals surface area contributed by atoms with Gasteiger partial charge in [-0.15, -0.1) is 0 Å². The van der Waals surface area contributed by atoms with Crippen LogP contribution in [-0.2, 0) is 0 Å². The van der Waals surface area contributed by atoms with Crippen LogP contribution in [0.5, 0.6) is 0 Å². The molecule has 0 amide bonds. The Morgan fingerprint density at radius 1 is 0.735 bits per heavy atom. The molecule has 0 aliphatic heterocycles. The molecule has 34 heavy (non-hydrogen) atoms. The number of non-ortho nitro benzene ring substituents is 2. The quantitative estimate of drug-likeness (QED) is 0.250. The second-order valence-electron chi connectivity index (χ2n) is 7.71. The summed E-state index contributed by atoms with van der Waals surface area (Å²) in [6.07, 6.45) is 1.74. The van der Waals surface area contributed by atoms with Crippen molar-refractivity contribution < 1.29 is 14.8 Å². The lowest BCUT2D eigenvalue weighted by atomic mass is 10.00. The average Bonchev–Trinajstić information content (AvgIpc) is 3.13. The Kier molecular flexibility index (Phi) is 5.80. The van der Waals surface area contributed by atoms with Crippen LogP contribution in [-0.4, -0.2) is 27.9 Å². The fourth-order valence-electron chi connectivity index (χ4n) is 4.28. The first kappa shape index (κ1) is 22.6. The molecular weight excluding hydrogens is 440 g/mol. The van der Waals surface area contributed by atoms with Crippen LogP contribution >= 0.6 is 0 Å². The molecule has 0 saturated heterocycles. The van der Waals surface area contributed by atoms with Gasteiger partial charge in [0.25, 0.3) is 17.1 Å². The number of anilines is 1. The molecule has 0 unspecified atom stereocenters. The lowest BCUT2D eigenvalue weighted by Crippen LogP contribution is -2.21. The maximum absolute atomic E-state index is 11.8. The maximum atomic E-state index is 11.8. The molecule has 1 aliphatic rings. The molecule has 0 saturated carbocycles. The summed E-state index contributed by atoms with van der Waals surface area (Å²) < 4.78 is 0. The molecule has 0 aromatic heterocycles. The molecular formula is C24H20N4O6. The third-order valence-electron chi connectivity index (χ3n) is 5.91. The molecule has 0 spiro atoms. The molecule has 10 heteroatoms. The minimum Gasteiger partial charge on any atom is -0.372 e. The van der Waals surface area contributed by atoms with Crippen LogP contribution in [0.25, 0.3) is 22.8 Å². The molecule has 4 rings (SSSR count). The Hall–Kier alpha value is -4.60. The second kappa shape index (κ2) is 8.74. The highest BCUT2D eigenvalue weighted by Crippen LogP contribution is 2.51. The van der Waals surface area contributed by atoms with Gasteiger partial charge in [-0.3, -0.25) is 30.3 Å². The summed E-state index contributed by atoms with van der Waals surface area (Å²) in [5.41, 5.74) is 2.58. The van der Waals surface area contributed by atoms with Gasteiger partial charge < -0.3 is 4.90 Å². The molecule has 0 N–H and O–H groups in total. The average molecular weight is 460 g/mol. The summed E-state index contributed by atoms with van der Waals surface area (Å²) in [5.74, 6) is 0. The molecule has 0 radical (unpaired) electrons. The van der Waals surface area contributed by atoms with Crippen molar-refractivity contribution in [1.82, 2.24) is 0 Å². The smallest absolute Gasteiger partial charge is 0.284 e. The Balaban J connectivity index is 1.96. The summed E-state index contributed by atoms with van der Waals surface area (Å²) in [6.45, 7) is 5.79. The van der Waals surface area contributed by atoms with Gasteiger partial charge >= 0.3 is 0 Å².